The van der Waals surface area contributed by atoms with Crippen LogP contribution < -0.4 is 0 Å². The van der Waals surface area contributed by atoms with Gasteiger partial charge < -0.3 is 0 Å². The SMILES string of the molecule is CC[C](C)C#C[C](C)CC. The first-order valence-corrected chi connectivity index (χ1v) is 3.87. The Kier molecular flexibility index (Phi) is 5.12. The molecule has 0 unspecified atom stereocenters. The highest BCUT2D eigenvalue weighted by Gasteiger charge is 1.93. The highest BCUT2D eigenvalue weighted by Crippen LogP contribution is 2.04. The lowest BCUT2D eigenvalue weighted by Gasteiger charge is -1.96. The molecule has 0 fully saturated rings. The van der Waals surface area contributed by atoms with Crippen LogP contribution in [0.15, 0.2) is 0 Å². The highest BCUT2D eigenvalue weighted by atomic mass is 14.0. The fraction of sp³-hybridized carbons (Fsp3) is 0.600. The second kappa shape index (κ2) is 5.35. The van der Waals surface area contributed by atoms with Gasteiger partial charge in [0.1, 0.15) is 0 Å². The standard InChI is InChI=1S/C10H16/c1-5-9(3)7-8-10(4)6-2/h5-6H2,1-4H3. The lowest BCUT2D eigenvalue weighted by Crippen LogP contribution is -1.86. The molecule has 0 N–H and O–H groups in total. The molecule has 0 atom stereocenters. The number of rotatable bonds is 2. The zero-order valence-corrected chi connectivity index (χ0v) is 7.41. The van der Waals surface area contributed by atoms with E-state index in [1.54, 1.807) is 0 Å². The summed E-state index contributed by atoms with van der Waals surface area (Å²) in [6, 6.07) is 0. The van der Waals surface area contributed by atoms with E-state index in [1.165, 1.54) is 11.8 Å². The van der Waals surface area contributed by atoms with E-state index in [0.29, 0.717) is 0 Å². The van der Waals surface area contributed by atoms with Crippen LogP contribution in [0.25, 0.3) is 0 Å². The van der Waals surface area contributed by atoms with E-state index in [1.807, 2.05) is 0 Å². The van der Waals surface area contributed by atoms with Crippen LogP contribution in [-0.2, 0) is 0 Å². The minimum atomic E-state index is 1.07. The van der Waals surface area contributed by atoms with Crippen LogP contribution in [0, 0.1) is 23.7 Å². The van der Waals surface area contributed by atoms with E-state index in [2.05, 4.69) is 39.5 Å². The van der Waals surface area contributed by atoms with Crippen molar-refractivity contribution in [2.75, 3.05) is 0 Å². The molecule has 0 bridgehead atoms. The predicted molar refractivity (Wildman–Crippen MR) is 46.2 cm³/mol. The van der Waals surface area contributed by atoms with Crippen LogP contribution in [0.1, 0.15) is 40.5 Å². The van der Waals surface area contributed by atoms with E-state index in [4.69, 9.17) is 0 Å². The third-order valence-electron chi connectivity index (χ3n) is 1.55. The van der Waals surface area contributed by atoms with Gasteiger partial charge in [0.2, 0.25) is 0 Å². The maximum absolute atomic E-state index is 3.11. The van der Waals surface area contributed by atoms with E-state index in [0.717, 1.165) is 12.8 Å². The Morgan fingerprint density at radius 1 is 0.900 bits per heavy atom. The second-order valence-corrected chi connectivity index (χ2v) is 2.52. The van der Waals surface area contributed by atoms with Crippen molar-refractivity contribution in [1.29, 1.82) is 0 Å². The van der Waals surface area contributed by atoms with Crippen molar-refractivity contribution in [1.82, 2.24) is 0 Å². The summed E-state index contributed by atoms with van der Waals surface area (Å²) >= 11 is 0. The lowest BCUT2D eigenvalue weighted by atomic mass is 10.1. The molecule has 56 valence electrons. The Morgan fingerprint density at radius 3 is 1.40 bits per heavy atom. The summed E-state index contributed by atoms with van der Waals surface area (Å²) in [7, 11) is 0. The monoisotopic (exact) mass is 136 g/mol. The second-order valence-electron chi connectivity index (χ2n) is 2.52. The van der Waals surface area contributed by atoms with Gasteiger partial charge in [-0.3, -0.25) is 0 Å². The molecule has 0 aromatic carbocycles. The molecule has 0 rings (SSSR count). The summed E-state index contributed by atoms with van der Waals surface area (Å²) in [6.45, 7) is 8.42. The van der Waals surface area contributed by atoms with Gasteiger partial charge in [-0.25, -0.2) is 0 Å². The molecule has 0 aromatic heterocycles. The van der Waals surface area contributed by atoms with E-state index >= 15 is 0 Å². The average molecular weight is 136 g/mol. The molecule has 0 saturated carbocycles. The first kappa shape index (κ1) is 9.56. The van der Waals surface area contributed by atoms with Crippen molar-refractivity contribution in [2.24, 2.45) is 0 Å². The number of hydrogen-bond acceptors (Lipinski definition) is 0. The summed E-state index contributed by atoms with van der Waals surface area (Å²) in [5, 5.41) is 0. The molecule has 0 nitrogen and oxygen atoms in total. The van der Waals surface area contributed by atoms with Crippen molar-refractivity contribution in [3.05, 3.63) is 11.8 Å². The summed E-state index contributed by atoms with van der Waals surface area (Å²) in [4.78, 5) is 0. The Labute approximate surface area is 65.0 Å². The van der Waals surface area contributed by atoms with Gasteiger partial charge in [0.15, 0.2) is 0 Å². The van der Waals surface area contributed by atoms with Crippen LogP contribution in [0.2, 0.25) is 0 Å². The summed E-state index contributed by atoms with van der Waals surface area (Å²) in [6.07, 6.45) is 2.15. The molecule has 0 aliphatic rings. The minimum absolute atomic E-state index is 1.07. The lowest BCUT2D eigenvalue weighted by molar-refractivity contribution is 0.987. The van der Waals surface area contributed by atoms with Crippen molar-refractivity contribution < 1.29 is 0 Å². The molecular weight excluding hydrogens is 120 g/mol. The predicted octanol–water partition coefficient (Wildman–Crippen LogP) is 3.00. The first-order valence-electron chi connectivity index (χ1n) is 3.87. The molecule has 10 heavy (non-hydrogen) atoms. The van der Waals surface area contributed by atoms with E-state index in [9.17, 15) is 0 Å². The van der Waals surface area contributed by atoms with Crippen LogP contribution in [0.5, 0.6) is 0 Å². The van der Waals surface area contributed by atoms with Gasteiger partial charge in [-0.05, 0) is 26.7 Å². The average Bonchev–Trinajstić information content (AvgIpc) is 1.99. The maximum atomic E-state index is 3.11. The van der Waals surface area contributed by atoms with Crippen molar-refractivity contribution >= 4 is 0 Å². The molecule has 0 heteroatoms. The van der Waals surface area contributed by atoms with Gasteiger partial charge in [-0.15, -0.1) is 0 Å². The van der Waals surface area contributed by atoms with Crippen molar-refractivity contribution in [3.63, 3.8) is 0 Å². The van der Waals surface area contributed by atoms with Crippen LogP contribution >= 0.6 is 0 Å². The third kappa shape index (κ3) is 4.44. The Balaban J connectivity index is 3.66. The Bertz CT molecular complexity index is 111. The van der Waals surface area contributed by atoms with E-state index in [-0.39, 0.29) is 0 Å². The molecule has 0 aliphatic carbocycles. The molecule has 0 saturated heterocycles. The van der Waals surface area contributed by atoms with Crippen molar-refractivity contribution in [3.8, 4) is 11.8 Å². The zero-order valence-electron chi connectivity index (χ0n) is 7.41. The summed E-state index contributed by atoms with van der Waals surface area (Å²) in [5.74, 6) is 8.77. The Morgan fingerprint density at radius 2 is 1.20 bits per heavy atom. The van der Waals surface area contributed by atoms with Gasteiger partial charge >= 0.3 is 0 Å². The summed E-state index contributed by atoms with van der Waals surface area (Å²) < 4.78 is 0. The van der Waals surface area contributed by atoms with Gasteiger partial charge in [0.25, 0.3) is 0 Å². The quantitative estimate of drug-likeness (QED) is 0.512. The molecular formula is C10H16. The fourth-order valence-corrected chi connectivity index (χ4v) is 0.390. The first-order chi connectivity index (χ1) is 4.70. The van der Waals surface area contributed by atoms with Gasteiger partial charge in [-0.2, -0.15) is 0 Å². The molecule has 0 amide bonds. The smallest absolute Gasteiger partial charge is 0.0446 e. The minimum Gasteiger partial charge on any atom is -0.0946 e. The van der Waals surface area contributed by atoms with E-state index < -0.39 is 0 Å². The molecule has 0 aliphatic heterocycles. The van der Waals surface area contributed by atoms with Crippen LogP contribution in [-0.4, -0.2) is 0 Å². The summed E-state index contributed by atoms with van der Waals surface area (Å²) in [5.41, 5.74) is 0. The molecule has 0 spiro atoms. The van der Waals surface area contributed by atoms with Crippen LogP contribution in [0.4, 0.5) is 0 Å². The van der Waals surface area contributed by atoms with Gasteiger partial charge in [0.05, 0.1) is 0 Å². The fourth-order valence-electron chi connectivity index (χ4n) is 0.390. The Hall–Kier alpha value is -0.440. The van der Waals surface area contributed by atoms with Crippen molar-refractivity contribution in [2.45, 2.75) is 40.5 Å². The van der Waals surface area contributed by atoms with Gasteiger partial charge in [-0.1, -0.05) is 25.7 Å². The maximum Gasteiger partial charge on any atom is 0.0446 e. The third-order valence-corrected chi connectivity index (χ3v) is 1.55. The van der Waals surface area contributed by atoms with Crippen LogP contribution in [0.3, 0.4) is 0 Å². The molecule has 0 heterocycles. The largest absolute Gasteiger partial charge is 0.0946 e. The zero-order chi connectivity index (χ0) is 7.98. The topological polar surface area (TPSA) is 0 Å². The highest BCUT2D eigenvalue weighted by molar-refractivity contribution is 5.27. The normalized spacial score (nSPS) is 9.80. The van der Waals surface area contributed by atoms with Gasteiger partial charge in [0, 0.05) is 11.8 Å². The molecule has 2 radical (unpaired) electrons. The number of hydrogen-bond donors (Lipinski definition) is 0. The molecule has 0 aromatic rings.